The van der Waals surface area contributed by atoms with E-state index in [1.165, 1.54) is 0 Å². The van der Waals surface area contributed by atoms with Crippen molar-refractivity contribution in [3.63, 3.8) is 0 Å². The molecule has 104 valence electrons. The van der Waals surface area contributed by atoms with Crippen LogP contribution < -0.4 is 0 Å². The van der Waals surface area contributed by atoms with E-state index in [4.69, 9.17) is 39.7 Å². The fourth-order valence-corrected chi connectivity index (χ4v) is 2.30. The lowest BCUT2D eigenvalue weighted by molar-refractivity contribution is -0.135. The van der Waals surface area contributed by atoms with Crippen molar-refractivity contribution in [3.05, 3.63) is 0 Å². The van der Waals surface area contributed by atoms with Crippen LogP contribution in [0.5, 0.6) is 0 Å². The molecule has 0 aromatic rings. The second kappa shape index (κ2) is 7.06. The summed E-state index contributed by atoms with van der Waals surface area (Å²) in [6, 6.07) is -0.857. The van der Waals surface area contributed by atoms with Gasteiger partial charge < -0.3 is 29.2 Å². The highest BCUT2D eigenvalue weighted by Gasteiger charge is 2.33. The fraction of sp³-hybridized carbons (Fsp3) is 1.00. The van der Waals surface area contributed by atoms with Crippen LogP contribution in [0.1, 0.15) is 12.8 Å². The topological polar surface area (TPSA) is 77.4 Å². The van der Waals surface area contributed by atoms with Crippen molar-refractivity contribution in [2.24, 2.45) is 0 Å². The molecule has 2 N–H and O–H groups in total. The van der Waals surface area contributed by atoms with Gasteiger partial charge in [0.2, 0.25) is 0 Å². The fourth-order valence-electron chi connectivity index (χ4n) is 2.30. The van der Waals surface area contributed by atoms with Gasteiger partial charge >= 0.3 is 0 Å². The number of hydrogen-bond acceptors (Lipinski definition) is 6. The largest absolute Gasteiger partial charge is 0.394 e. The minimum absolute atomic E-state index is 0.0268. The van der Waals surface area contributed by atoms with Crippen molar-refractivity contribution >= 4 is 15.7 Å². The molecule has 6 nitrogen and oxygen atoms in total. The maximum absolute atomic E-state index is 9.59. The molecule has 8 heteroatoms. The predicted octanol–water partition coefficient (Wildman–Crippen LogP) is -1.73. The van der Waals surface area contributed by atoms with Crippen molar-refractivity contribution in [1.82, 2.24) is 0 Å². The van der Waals surface area contributed by atoms with E-state index in [9.17, 15) is 5.11 Å². The highest BCUT2D eigenvalue weighted by molar-refractivity contribution is 6.11. The van der Waals surface area contributed by atoms with Gasteiger partial charge in [-0.15, -0.1) is 0 Å². The van der Waals surface area contributed by atoms with Crippen LogP contribution in [-0.4, -0.2) is 82.3 Å². The zero-order chi connectivity index (χ0) is 13.8. The normalized spacial score (nSPS) is 42.8. The Morgan fingerprint density at radius 2 is 1.79 bits per heavy atom. The van der Waals surface area contributed by atoms with Gasteiger partial charge in [-0.25, -0.2) is 0 Å². The maximum atomic E-state index is 9.59. The molecule has 0 aromatic heterocycles. The highest BCUT2D eigenvalue weighted by Crippen LogP contribution is 2.22. The van der Waals surface area contributed by atoms with Gasteiger partial charge in [0.1, 0.15) is 34.7 Å². The Kier molecular flexibility index (Phi) is 5.68. The number of ether oxygens (including phenoxy) is 4. The predicted molar refractivity (Wildman–Crippen MR) is 66.8 cm³/mol. The van der Waals surface area contributed by atoms with Crippen LogP contribution in [0.2, 0.25) is 0 Å². The van der Waals surface area contributed by atoms with E-state index in [1.807, 2.05) is 0 Å². The van der Waals surface area contributed by atoms with Crippen LogP contribution in [0.3, 0.4) is 0 Å². The molecule has 2 unspecified atom stereocenters. The Labute approximate surface area is 115 Å². The molecule has 2 fully saturated rings. The second-order valence-corrected chi connectivity index (χ2v) is 4.84. The van der Waals surface area contributed by atoms with Crippen LogP contribution in [0.4, 0.5) is 0 Å². The summed E-state index contributed by atoms with van der Waals surface area (Å²) in [4.78, 5) is 0. The molecule has 2 heterocycles. The number of aliphatic hydroxyl groups excluding tert-OH is 2. The van der Waals surface area contributed by atoms with E-state index >= 15 is 0 Å². The second-order valence-electron chi connectivity index (χ2n) is 4.84. The third-order valence-corrected chi connectivity index (χ3v) is 3.31. The summed E-state index contributed by atoms with van der Waals surface area (Å²) in [5.41, 5.74) is 0. The van der Waals surface area contributed by atoms with Crippen molar-refractivity contribution in [2.45, 2.75) is 49.3 Å². The Bertz CT molecular complexity index is 282. The summed E-state index contributed by atoms with van der Waals surface area (Å²) < 4.78 is 21.2. The lowest BCUT2D eigenvalue weighted by Gasteiger charge is -2.19. The summed E-state index contributed by atoms with van der Waals surface area (Å²) in [7, 11) is 11.2. The zero-order valence-corrected chi connectivity index (χ0v) is 10.7. The average molecular weight is 268 g/mol. The van der Waals surface area contributed by atoms with E-state index in [0.717, 1.165) is 0 Å². The van der Waals surface area contributed by atoms with E-state index < -0.39 is 30.3 Å². The SMILES string of the molecule is [B][C@H]1CC(O)[C@@H](COCOC2C[C@H]([B])O[C@@H]2CO)O1. The van der Waals surface area contributed by atoms with Gasteiger partial charge in [-0.05, 0) is 12.8 Å². The molecule has 0 aromatic carbocycles. The third kappa shape index (κ3) is 4.18. The molecule has 0 spiro atoms. The molecule has 2 rings (SSSR count). The molecule has 6 atom stereocenters. The van der Waals surface area contributed by atoms with Crippen molar-refractivity contribution in [3.8, 4) is 0 Å². The molecule has 19 heavy (non-hydrogen) atoms. The molecule has 2 saturated heterocycles. The smallest absolute Gasteiger partial charge is 0.147 e. The zero-order valence-electron chi connectivity index (χ0n) is 10.7. The van der Waals surface area contributed by atoms with Gasteiger partial charge in [0.15, 0.2) is 0 Å². The summed E-state index contributed by atoms with van der Waals surface area (Å²) >= 11 is 0. The molecule has 0 bridgehead atoms. The van der Waals surface area contributed by atoms with E-state index in [0.29, 0.717) is 12.8 Å². The van der Waals surface area contributed by atoms with Crippen LogP contribution in [-0.2, 0) is 18.9 Å². The summed E-state index contributed by atoms with van der Waals surface area (Å²) in [6.45, 7) is 0.0923. The molecular formula is C11H18B2O6. The van der Waals surface area contributed by atoms with Crippen molar-refractivity contribution in [2.75, 3.05) is 20.0 Å². The quantitative estimate of drug-likeness (QED) is 0.338. The molecular weight excluding hydrogens is 250 g/mol. The van der Waals surface area contributed by atoms with Gasteiger partial charge in [0.05, 0.1) is 25.4 Å². The third-order valence-electron chi connectivity index (χ3n) is 3.31. The van der Waals surface area contributed by atoms with Crippen LogP contribution >= 0.6 is 0 Å². The molecule has 0 saturated carbocycles. The highest BCUT2D eigenvalue weighted by atomic mass is 16.7. The molecule has 4 radical (unpaired) electrons. The standard InChI is InChI=1S/C11H18B2O6/c12-10-1-6(15)9(19-10)4-16-5-17-7-2-11(13)18-8(7)3-14/h6-11,14-15H,1-5H2/t6?,7?,8-,9-,10-,11-/m1/s1. The molecule has 2 aliphatic rings. The van der Waals surface area contributed by atoms with Gasteiger partial charge in [-0.3, -0.25) is 0 Å². The number of hydrogen-bond donors (Lipinski definition) is 2. The van der Waals surface area contributed by atoms with E-state index in [2.05, 4.69) is 0 Å². The van der Waals surface area contributed by atoms with Crippen molar-refractivity contribution in [1.29, 1.82) is 0 Å². The van der Waals surface area contributed by atoms with Crippen LogP contribution in [0.25, 0.3) is 0 Å². The Morgan fingerprint density at radius 1 is 1.11 bits per heavy atom. The molecule has 0 amide bonds. The average Bonchev–Trinajstić information content (AvgIpc) is 2.87. The number of aliphatic hydroxyl groups is 2. The van der Waals surface area contributed by atoms with Gasteiger partial charge in [-0.1, -0.05) is 0 Å². The minimum atomic E-state index is -0.608. The Morgan fingerprint density at radius 3 is 2.42 bits per heavy atom. The van der Waals surface area contributed by atoms with Gasteiger partial charge in [-0.2, -0.15) is 0 Å². The minimum Gasteiger partial charge on any atom is -0.394 e. The lowest BCUT2D eigenvalue weighted by atomic mass is 9.96. The van der Waals surface area contributed by atoms with Crippen LogP contribution in [0, 0.1) is 0 Å². The van der Waals surface area contributed by atoms with Crippen molar-refractivity contribution < 1.29 is 29.2 Å². The first-order valence-electron chi connectivity index (χ1n) is 6.40. The van der Waals surface area contributed by atoms with Gasteiger partial charge in [0.25, 0.3) is 0 Å². The maximum Gasteiger partial charge on any atom is 0.147 e. The van der Waals surface area contributed by atoms with Gasteiger partial charge in [0, 0.05) is 12.0 Å². The summed E-state index contributed by atoms with van der Waals surface area (Å²) in [5, 5.41) is 18.7. The first kappa shape index (κ1) is 15.3. The van der Waals surface area contributed by atoms with Crippen LogP contribution in [0.15, 0.2) is 0 Å². The Hall–Kier alpha value is -0.110. The molecule has 0 aliphatic carbocycles. The monoisotopic (exact) mass is 268 g/mol. The summed E-state index contributed by atoms with van der Waals surface area (Å²) in [6.07, 6.45) is -0.802. The molecule has 2 aliphatic heterocycles. The summed E-state index contributed by atoms with van der Waals surface area (Å²) in [5.74, 6) is 0. The van der Waals surface area contributed by atoms with E-state index in [1.54, 1.807) is 0 Å². The lowest BCUT2D eigenvalue weighted by Crippen LogP contribution is -2.31. The number of rotatable bonds is 6. The first-order chi connectivity index (χ1) is 9.10. The first-order valence-corrected chi connectivity index (χ1v) is 6.40. The Balaban J connectivity index is 1.61. The van der Waals surface area contributed by atoms with E-state index in [-0.39, 0.29) is 26.1 Å².